The summed E-state index contributed by atoms with van der Waals surface area (Å²) in [5.74, 6) is -2.93. The van der Waals surface area contributed by atoms with E-state index in [2.05, 4.69) is 65.7 Å². The Morgan fingerprint density at radius 1 is 0.345 bits per heavy atom. The highest BCUT2D eigenvalue weighted by Gasteiger charge is 2.27. The first-order valence-corrected chi connectivity index (χ1v) is 34.9. The maximum atomic E-state index is 15.1. The van der Waals surface area contributed by atoms with Crippen molar-refractivity contribution >= 4 is 116 Å². The molecule has 39 heteroatoms. The van der Waals surface area contributed by atoms with E-state index in [1.807, 2.05) is 0 Å². The largest absolute Gasteiger partial charge is 0.507 e. The van der Waals surface area contributed by atoms with Crippen LogP contribution in [0, 0.1) is 23.3 Å². The van der Waals surface area contributed by atoms with Crippen molar-refractivity contribution in [2.24, 2.45) is 30.8 Å². The van der Waals surface area contributed by atoms with Crippen LogP contribution in [0.5, 0.6) is 69.6 Å². The zero-order chi connectivity index (χ0) is 80.4. The van der Waals surface area contributed by atoms with Crippen LogP contribution >= 0.6 is 81.2 Å². The van der Waals surface area contributed by atoms with E-state index in [1.54, 1.807) is 177 Å². The molecule has 0 atom stereocenters. The van der Waals surface area contributed by atoms with E-state index in [0.717, 1.165) is 19.0 Å². The monoisotopic (exact) mass is 1690 g/mol. The van der Waals surface area contributed by atoms with E-state index in [0.29, 0.717) is 87.0 Å². The molecule has 584 valence electrons. The summed E-state index contributed by atoms with van der Waals surface area (Å²) >= 11 is 39.5. The topological polar surface area (TPSA) is 325 Å². The van der Waals surface area contributed by atoms with E-state index in [-0.39, 0.29) is 109 Å². The number of benzene rings is 7. The van der Waals surface area contributed by atoms with Gasteiger partial charge in [-0.25, -0.2) is 14.4 Å². The Balaban J connectivity index is 0.000000166. The van der Waals surface area contributed by atoms with Crippen LogP contribution in [-0.2, 0) is 38.4 Å². The van der Waals surface area contributed by atoms with E-state index in [1.165, 1.54) is 26.5 Å². The molecule has 4 aromatic heterocycles. The number of para-hydroxylation sites is 7. The summed E-state index contributed by atoms with van der Waals surface area (Å²) in [4.78, 5) is 54.9. The van der Waals surface area contributed by atoms with Gasteiger partial charge in [0.05, 0.1) is 36.2 Å². The third-order valence-corrected chi connectivity index (χ3v) is 15.8. The molecule has 0 spiro atoms. The highest BCUT2D eigenvalue weighted by molar-refractivity contribution is 6.47. The first-order chi connectivity index (χ1) is 54.9. The minimum Gasteiger partial charge on any atom is -0.507 e. The van der Waals surface area contributed by atoms with Crippen molar-refractivity contribution in [3.8, 4) is 69.6 Å². The van der Waals surface area contributed by atoms with Crippen LogP contribution in [0.2, 0.25) is 35.4 Å². The summed E-state index contributed by atoms with van der Waals surface area (Å²) in [7, 11) is 4.35. The number of hydrogen-bond donors (Lipinski definition) is 2. The zero-order valence-electron chi connectivity index (χ0n) is 58.5. The Kier molecular flexibility index (Phi) is 32.9. The van der Waals surface area contributed by atoms with Crippen molar-refractivity contribution in [1.82, 2.24) is 34.9 Å². The number of aliphatic imine (C=N–C) groups is 1. The summed E-state index contributed by atoms with van der Waals surface area (Å²) in [5.41, 5.74) is 2.28. The van der Waals surface area contributed by atoms with Gasteiger partial charge in [-0.15, -0.1) is 0 Å². The lowest BCUT2D eigenvalue weighted by atomic mass is 10.1. The number of oxime groups is 5. The van der Waals surface area contributed by atoms with Gasteiger partial charge >= 0.3 is 0 Å². The van der Waals surface area contributed by atoms with Gasteiger partial charge in [-0.3, -0.25) is 4.99 Å². The summed E-state index contributed by atoms with van der Waals surface area (Å²) in [6, 6.07) is 48.2. The van der Waals surface area contributed by atoms with Crippen LogP contribution in [-0.4, -0.2) is 141 Å². The van der Waals surface area contributed by atoms with Gasteiger partial charge in [-0.2, -0.15) is 38.1 Å². The lowest BCUT2D eigenvalue weighted by Gasteiger charge is -2.17. The number of halogens is 11. The molecule has 0 radical (unpaired) electrons. The summed E-state index contributed by atoms with van der Waals surface area (Å²) in [5, 5.41) is 38.7. The smallest absolute Gasteiger partial charge is 0.280 e. The molecular formula is C74H56Cl7F4N13O15. The number of aromatic hydroxyl groups is 2. The van der Waals surface area contributed by atoms with Gasteiger partial charge in [0, 0.05) is 18.8 Å². The molecular weight excluding hydrogens is 1640 g/mol. The average molecular weight is 1690 g/mol. The van der Waals surface area contributed by atoms with Crippen molar-refractivity contribution in [1.29, 1.82) is 0 Å². The lowest BCUT2D eigenvalue weighted by molar-refractivity contribution is 0.0672. The number of ether oxygens (including phenoxy) is 8. The fourth-order valence-electron chi connectivity index (χ4n) is 8.67. The average Bonchev–Trinajstić information content (AvgIpc) is 0.799. The third-order valence-electron chi connectivity index (χ3n) is 13.7. The molecule has 28 nitrogen and oxygen atoms in total. The number of nitrogens with zero attached hydrogens (tertiary/aromatic N) is 13. The standard InChI is InChI=1S/C21H16ClFN4O5.C21H16ClFN4O4.C11H12N2O4.C10H5Cl2FN2O.C6H5ClO.C5H2Cl2FN/c1-28-26-18(21-27-30-11-10-29-21)13-6-2-4-8-15(13)31-19-17(23)20(25-12-24-19)32-16-9-5-3-7-14(16)22;1-24-18(21-27-29-11-10-28-21)13-6-2-4-8-15(13)30-19-17(23)20(26-12-25-19)31-16-9-5-3-7-14(16)22;1-15-12-10(11-13-17-7-6-16-11)8-4-2-3-5-9(8)14;11-6-3-1-2-4-7(6)16-10-8(13)9(12)14-5-15-10;7-5-3-1-2-4-6(5)8;6-3-1-2-9-5(7)4(3)8/h2-9,12H,10-11H2,1H3;2-9,12H,10-11H2,1H3;2-5,14H,6-7H2,1H3;1-5H;1-4,8H;1-2H/b26-18-;;12-10-;;;. The molecule has 0 fully saturated rings. The molecule has 14 rings (SSSR count). The molecule has 11 aromatic rings. The molecule has 0 unspecified atom stereocenters. The van der Waals surface area contributed by atoms with Gasteiger partial charge in [-0.1, -0.05) is 176 Å². The second kappa shape index (κ2) is 43.9. The van der Waals surface area contributed by atoms with Crippen molar-refractivity contribution in [3.05, 3.63) is 276 Å². The molecule has 3 aliphatic heterocycles. The van der Waals surface area contributed by atoms with Gasteiger partial charge in [0.25, 0.3) is 47.1 Å². The minimum absolute atomic E-state index is 0.00463. The highest BCUT2D eigenvalue weighted by Crippen LogP contribution is 2.37. The number of phenols is 2. The Morgan fingerprint density at radius 3 is 1.03 bits per heavy atom. The fourth-order valence-corrected chi connectivity index (χ4v) is 9.80. The number of hydrogen-bond acceptors (Lipinski definition) is 28. The lowest BCUT2D eigenvalue weighted by Crippen LogP contribution is -2.25. The molecule has 3 aliphatic rings. The molecule has 7 aromatic carbocycles. The number of phenolic OH excluding ortho intramolecular Hbond substituents is 2. The minimum atomic E-state index is -0.915. The van der Waals surface area contributed by atoms with Crippen molar-refractivity contribution in [2.45, 2.75) is 0 Å². The third kappa shape index (κ3) is 24.6. The molecule has 2 N–H and O–H groups in total. The van der Waals surface area contributed by atoms with Crippen molar-refractivity contribution < 1.29 is 89.9 Å². The van der Waals surface area contributed by atoms with Gasteiger partial charge in [0.2, 0.25) is 17.5 Å². The maximum Gasteiger partial charge on any atom is 0.280 e. The summed E-state index contributed by atoms with van der Waals surface area (Å²) < 4.78 is 99.9. The highest BCUT2D eigenvalue weighted by atomic mass is 35.5. The zero-order valence-corrected chi connectivity index (χ0v) is 63.8. The van der Waals surface area contributed by atoms with E-state index < -0.39 is 23.3 Å². The van der Waals surface area contributed by atoms with Gasteiger partial charge in [-0.05, 0) is 106 Å². The summed E-state index contributed by atoms with van der Waals surface area (Å²) in [6.45, 7) is 2.05. The predicted octanol–water partition coefficient (Wildman–Crippen LogP) is 18.6. The Morgan fingerprint density at radius 2 is 0.673 bits per heavy atom. The normalized spacial score (nSPS) is 12.8. The van der Waals surface area contributed by atoms with Crippen LogP contribution in [0.15, 0.2) is 232 Å². The van der Waals surface area contributed by atoms with Crippen LogP contribution < -0.4 is 23.7 Å². The Labute approximate surface area is 674 Å². The first-order valence-electron chi connectivity index (χ1n) is 32.2. The van der Waals surface area contributed by atoms with Gasteiger partial charge < -0.3 is 72.3 Å². The fraction of sp³-hybridized carbons (Fsp3) is 0.122. The molecule has 0 aliphatic carbocycles. The van der Waals surface area contributed by atoms with Crippen molar-refractivity contribution in [3.63, 3.8) is 0 Å². The quantitative estimate of drug-likeness (QED) is 0.0265. The molecule has 0 amide bonds. The SMILES string of the molecule is CN=C(C1=NOCCO1)c1ccccc1Oc1ncnc(Oc2ccccc2Cl)c1F.CO/N=C(\C1=NOCCO1)c1ccccc1O.CO/N=C(\C1=NOCCO1)c1ccccc1Oc1ncnc(Oc2ccccc2Cl)c1F.Fc1c(Cl)ccnc1Cl.Fc1c(Cl)ncnc1Oc1ccccc1Cl.Oc1ccccc1Cl. The van der Waals surface area contributed by atoms with Gasteiger partial charge in [0.15, 0.2) is 47.4 Å². The van der Waals surface area contributed by atoms with Crippen LogP contribution in [0.25, 0.3) is 0 Å². The van der Waals surface area contributed by atoms with Crippen LogP contribution in [0.4, 0.5) is 17.6 Å². The second-order valence-electron chi connectivity index (χ2n) is 21.1. The first kappa shape index (κ1) is 84.7. The predicted molar refractivity (Wildman–Crippen MR) is 412 cm³/mol. The molecule has 7 heterocycles. The van der Waals surface area contributed by atoms with Crippen LogP contribution in [0.1, 0.15) is 16.7 Å². The Hall–Kier alpha value is -12.3. The molecule has 0 saturated carbocycles. The number of rotatable bonds is 18. The Bertz CT molecular complexity index is 5210. The second-order valence-corrected chi connectivity index (χ2v) is 23.8. The van der Waals surface area contributed by atoms with E-state index in [9.17, 15) is 13.9 Å². The number of aromatic nitrogens is 7. The summed E-state index contributed by atoms with van der Waals surface area (Å²) in [6.07, 6.45) is 4.69. The number of pyridine rings is 1. The van der Waals surface area contributed by atoms with Crippen molar-refractivity contribution in [2.75, 3.05) is 60.9 Å². The van der Waals surface area contributed by atoms with Gasteiger partial charge in [0.1, 0.15) is 99.0 Å². The van der Waals surface area contributed by atoms with E-state index >= 15 is 8.78 Å². The molecule has 0 bridgehead atoms. The van der Waals surface area contributed by atoms with Crippen LogP contribution in [0.3, 0.4) is 0 Å². The van der Waals surface area contributed by atoms with E-state index in [4.69, 9.17) is 148 Å². The molecule has 113 heavy (non-hydrogen) atoms. The molecule has 0 saturated heterocycles. The maximum absolute atomic E-state index is 15.1.